The summed E-state index contributed by atoms with van der Waals surface area (Å²) in [5.41, 5.74) is 2.71. The highest BCUT2D eigenvalue weighted by Gasteiger charge is 2.35. The van der Waals surface area contributed by atoms with Crippen LogP contribution in [0.25, 0.3) is 0 Å². The minimum Gasteiger partial charge on any atom is -0.326 e. The first-order valence-corrected chi connectivity index (χ1v) is 8.78. The molecule has 1 aliphatic heterocycles. The SMILES string of the molecule is CC(C)c1ccc(NC(=O)[C@H]2CC(=O)N(c3cccc(Cl)c3)C2)cc1. The van der Waals surface area contributed by atoms with Crippen LogP contribution in [0.1, 0.15) is 31.7 Å². The summed E-state index contributed by atoms with van der Waals surface area (Å²) in [4.78, 5) is 26.4. The molecule has 0 radical (unpaired) electrons. The van der Waals surface area contributed by atoms with Crippen LogP contribution in [-0.4, -0.2) is 18.4 Å². The van der Waals surface area contributed by atoms with Gasteiger partial charge >= 0.3 is 0 Å². The quantitative estimate of drug-likeness (QED) is 0.879. The number of carbonyl (C=O) groups excluding carboxylic acids is 2. The van der Waals surface area contributed by atoms with E-state index in [1.165, 1.54) is 5.56 Å². The molecule has 5 heteroatoms. The third-order valence-electron chi connectivity index (χ3n) is 4.46. The Labute approximate surface area is 152 Å². The van der Waals surface area contributed by atoms with Crippen LogP contribution in [0.3, 0.4) is 0 Å². The van der Waals surface area contributed by atoms with Crippen molar-refractivity contribution in [1.29, 1.82) is 0 Å². The van der Waals surface area contributed by atoms with E-state index >= 15 is 0 Å². The van der Waals surface area contributed by atoms with Crippen molar-refractivity contribution >= 4 is 34.8 Å². The summed E-state index contributed by atoms with van der Waals surface area (Å²) in [5, 5.41) is 3.48. The number of benzene rings is 2. The first-order chi connectivity index (χ1) is 11.9. The lowest BCUT2D eigenvalue weighted by atomic mass is 10.0. The second-order valence-electron chi connectivity index (χ2n) is 6.65. The van der Waals surface area contributed by atoms with Crippen LogP contribution in [0.5, 0.6) is 0 Å². The van der Waals surface area contributed by atoms with Gasteiger partial charge in [-0.15, -0.1) is 0 Å². The summed E-state index contributed by atoms with van der Waals surface area (Å²) in [6, 6.07) is 15.0. The van der Waals surface area contributed by atoms with Gasteiger partial charge < -0.3 is 10.2 Å². The molecular formula is C20H21ClN2O2. The first kappa shape index (κ1) is 17.5. The zero-order valence-electron chi connectivity index (χ0n) is 14.3. The standard InChI is InChI=1S/C20H21ClN2O2/c1-13(2)14-6-8-17(9-7-14)22-20(25)15-10-19(24)23(12-15)18-5-3-4-16(21)11-18/h3-9,11,13,15H,10,12H2,1-2H3,(H,22,25)/t15-/m0/s1. The number of halogens is 1. The summed E-state index contributed by atoms with van der Waals surface area (Å²) >= 11 is 5.99. The average molecular weight is 357 g/mol. The Hall–Kier alpha value is -2.33. The van der Waals surface area contributed by atoms with Crippen LogP contribution in [0.4, 0.5) is 11.4 Å². The zero-order chi connectivity index (χ0) is 18.0. The molecule has 3 rings (SSSR count). The van der Waals surface area contributed by atoms with Gasteiger partial charge in [0.05, 0.1) is 5.92 Å². The van der Waals surface area contributed by atoms with E-state index in [1.54, 1.807) is 23.1 Å². The lowest BCUT2D eigenvalue weighted by Crippen LogP contribution is -2.28. The van der Waals surface area contributed by atoms with E-state index in [1.807, 2.05) is 30.3 Å². The average Bonchev–Trinajstić information content (AvgIpc) is 2.97. The largest absolute Gasteiger partial charge is 0.326 e. The van der Waals surface area contributed by atoms with E-state index in [-0.39, 0.29) is 24.2 Å². The lowest BCUT2D eigenvalue weighted by Gasteiger charge is -2.17. The number of amides is 2. The van der Waals surface area contributed by atoms with Crippen molar-refractivity contribution in [2.75, 3.05) is 16.8 Å². The molecule has 0 bridgehead atoms. The molecule has 130 valence electrons. The molecule has 1 N–H and O–H groups in total. The number of nitrogens with zero attached hydrogens (tertiary/aromatic N) is 1. The van der Waals surface area contributed by atoms with Gasteiger partial charge in [-0.25, -0.2) is 0 Å². The number of hydrogen-bond acceptors (Lipinski definition) is 2. The van der Waals surface area contributed by atoms with E-state index in [9.17, 15) is 9.59 Å². The molecule has 1 fully saturated rings. The predicted octanol–water partition coefficient (Wildman–Crippen LogP) is 4.46. The molecule has 1 atom stereocenters. The second kappa shape index (κ2) is 7.28. The van der Waals surface area contributed by atoms with E-state index in [0.717, 1.165) is 11.4 Å². The van der Waals surface area contributed by atoms with E-state index in [0.29, 0.717) is 17.5 Å². The molecule has 2 aromatic carbocycles. The third-order valence-corrected chi connectivity index (χ3v) is 4.70. The normalized spacial score (nSPS) is 17.2. The Bertz CT molecular complexity index is 787. The van der Waals surface area contributed by atoms with Gasteiger partial charge in [0.2, 0.25) is 11.8 Å². The highest BCUT2D eigenvalue weighted by molar-refractivity contribution is 6.31. The van der Waals surface area contributed by atoms with Crippen molar-refractivity contribution in [2.45, 2.75) is 26.2 Å². The third kappa shape index (κ3) is 4.02. The first-order valence-electron chi connectivity index (χ1n) is 8.41. The Balaban J connectivity index is 1.66. The maximum Gasteiger partial charge on any atom is 0.229 e. The summed E-state index contributed by atoms with van der Waals surface area (Å²) in [6.07, 6.45) is 0.211. The molecule has 2 aromatic rings. The van der Waals surface area contributed by atoms with E-state index in [2.05, 4.69) is 19.2 Å². The predicted molar refractivity (Wildman–Crippen MR) is 101 cm³/mol. The fourth-order valence-electron chi connectivity index (χ4n) is 2.97. The number of nitrogens with one attached hydrogen (secondary N) is 1. The highest BCUT2D eigenvalue weighted by atomic mass is 35.5. The van der Waals surface area contributed by atoms with Crippen LogP contribution >= 0.6 is 11.6 Å². The Morgan fingerprint density at radius 3 is 2.56 bits per heavy atom. The number of anilines is 2. The fourth-order valence-corrected chi connectivity index (χ4v) is 3.16. The highest BCUT2D eigenvalue weighted by Crippen LogP contribution is 2.28. The molecule has 0 saturated carbocycles. The van der Waals surface area contributed by atoms with Gasteiger partial charge in [-0.2, -0.15) is 0 Å². The Morgan fingerprint density at radius 2 is 1.92 bits per heavy atom. The van der Waals surface area contributed by atoms with E-state index in [4.69, 9.17) is 11.6 Å². The van der Waals surface area contributed by atoms with Crippen molar-refractivity contribution in [3.63, 3.8) is 0 Å². The van der Waals surface area contributed by atoms with Crippen molar-refractivity contribution in [3.8, 4) is 0 Å². The molecule has 0 unspecified atom stereocenters. The van der Waals surface area contributed by atoms with Gasteiger partial charge in [0.15, 0.2) is 0 Å². The molecule has 1 heterocycles. The zero-order valence-corrected chi connectivity index (χ0v) is 15.1. The molecule has 0 aliphatic carbocycles. The van der Waals surface area contributed by atoms with Crippen LogP contribution in [0.15, 0.2) is 48.5 Å². The Morgan fingerprint density at radius 1 is 1.20 bits per heavy atom. The topological polar surface area (TPSA) is 49.4 Å². The van der Waals surface area contributed by atoms with E-state index < -0.39 is 0 Å². The molecule has 2 amide bonds. The summed E-state index contributed by atoms with van der Waals surface area (Å²) in [7, 11) is 0. The van der Waals surface area contributed by atoms with Gasteiger partial charge in [0.1, 0.15) is 0 Å². The smallest absolute Gasteiger partial charge is 0.229 e. The summed E-state index contributed by atoms with van der Waals surface area (Å²) < 4.78 is 0. The molecule has 1 saturated heterocycles. The van der Waals surface area contributed by atoms with Gasteiger partial charge in [0.25, 0.3) is 0 Å². The van der Waals surface area contributed by atoms with Gasteiger partial charge in [0, 0.05) is 29.4 Å². The molecule has 25 heavy (non-hydrogen) atoms. The van der Waals surface area contributed by atoms with Crippen molar-refractivity contribution in [1.82, 2.24) is 0 Å². The van der Waals surface area contributed by atoms with Crippen LogP contribution in [0.2, 0.25) is 5.02 Å². The number of rotatable bonds is 4. The van der Waals surface area contributed by atoms with Crippen LogP contribution in [0, 0.1) is 5.92 Å². The Kier molecular flexibility index (Phi) is 5.09. The molecule has 1 aliphatic rings. The van der Waals surface area contributed by atoms with Crippen LogP contribution in [-0.2, 0) is 9.59 Å². The van der Waals surface area contributed by atoms with Crippen LogP contribution < -0.4 is 10.2 Å². The van der Waals surface area contributed by atoms with Gasteiger partial charge in [-0.3, -0.25) is 9.59 Å². The molecule has 0 aromatic heterocycles. The minimum atomic E-state index is -0.365. The van der Waals surface area contributed by atoms with Crippen molar-refractivity contribution in [2.24, 2.45) is 5.92 Å². The van der Waals surface area contributed by atoms with Gasteiger partial charge in [-0.1, -0.05) is 43.6 Å². The van der Waals surface area contributed by atoms with Gasteiger partial charge in [-0.05, 0) is 41.8 Å². The lowest BCUT2D eigenvalue weighted by molar-refractivity contribution is -0.122. The van der Waals surface area contributed by atoms with Crippen molar-refractivity contribution < 1.29 is 9.59 Å². The second-order valence-corrected chi connectivity index (χ2v) is 7.09. The molecule has 4 nitrogen and oxygen atoms in total. The molecular weight excluding hydrogens is 336 g/mol. The maximum atomic E-state index is 12.5. The number of hydrogen-bond donors (Lipinski definition) is 1. The summed E-state index contributed by atoms with van der Waals surface area (Å²) in [5.74, 6) is -0.104. The minimum absolute atomic E-state index is 0.0578. The van der Waals surface area contributed by atoms with Crippen molar-refractivity contribution in [3.05, 3.63) is 59.1 Å². The monoisotopic (exact) mass is 356 g/mol. The number of carbonyl (C=O) groups is 2. The summed E-state index contributed by atoms with van der Waals surface area (Å²) in [6.45, 7) is 4.62. The fraction of sp³-hybridized carbons (Fsp3) is 0.300. The molecule has 0 spiro atoms. The maximum absolute atomic E-state index is 12.5.